The Labute approximate surface area is 239 Å². The molecule has 0 bridgehead atoms. The number of methoxy groups -OCH3 is 3. The molecule has 39 heavy (non-hydrogen) atoms. The Kier molecular flexibility index (Phi) is 12.0. The molecule has 0 atom stereocenters. The molecule has 0 radical (unpaired) electrons. The summed E-state index contributed by atoms with van der Waals surface area (Å²) in [4.78, 5) is 33.5. The summed E-state index contributed by atoms with van der Waals surface area (Å²) in [6.07, 6.45) is 2.63. The molecule has 0 aliphatic rings. The summed E-state index contributed by atoms with van der Waals surface area (Å²) >= 11 is 3.30. The molecule has 1 heterocycles. The SMILES string of the molecule is COCCN(CC(=O)N(CCc1ccc(OC)c(OC)c1)Cc1ccc(C)s1)C(=O)Nc1ccc(SC)cc1. The topological polar surface area (TPSA) is 80.3 Å². The number of nitrogens with one attached hydrogen (secondary N) is 1. The molecule has 0 saturated carbocycles. The van der Waals surface area contributed by atoms with Crippen LogP contribution in [0, 0.1) is 6.92 Å². The van der Waals surface area contributed by atoms with Crippen molar-refractivity contribution in [2.45, 2.75) is 24.8 Å². The van der Waals surface area contributed by atoms with Gasteiger partial charge in [0.05, 0.1) is 27.4 Å². The lowest BCUT2D eigenvalue weighted by molar-refractivity contribution is -0.132. The van der Waals surface area contributed by atoms with Crippen LogP contribution >= 0.6 is 23.1 Å². The van der Waals surface area contributed by atoms with Gasteiger partial charge in [0, 0.05) is 40.5 Å². The van der Waals surface area contributed by atoms with Crippen molar-refractivity contribution in [2.24, 2.45) is 0 Å². The van der Waals surface area contributed by atoms with Crippen LogP contribution in [0.1, 0.15) is 15.3 Å². The van der Waals surface area contributed by atoms with Crippen LogP contribution < -0.4 is 14.8 Å². The molecular weight excluding hydrogens is 534 g/mol. The van der Waals surface area contributed by atoms with Crippen molar-refractivity contribution >= 4 is 40.7 Å². The van der Waals surface area contributed by atoms with Crippen LogP contribution in [0.15, 0.2) is 59.5 Å². The van der Waals surface area contributed by atoms with Gasteiger partial charge in [0.25, 0.3) is 0 Å². The van der Waals surface area contributed by atoms with Gasteiger partial charge in [0.15, 0.2) is 11.5 Å². The van der Waals surface area contributed by atoms with Gasteiger partial charge in [0.2, 0.25) is 5.91 Å². The lowest BCUT2D eigenvalue weighted by Crippen LogP contribution is -2.46. The highest BCUT2D eigenvalue weighted by Crippen LogP contribution is 2.28. The molecule has 0 unspecified atom stereocenters. The number of thioether (sulfide) groups is 1. The maximum absolute atomic E-state index is 13.6. The van der Waals surface area contributed by atoms with E-state index in [4.69, 9.17) is 14.2 Å². The van der Waals surface area contributed by atoms with E-state index >= 15 is 0 Å². The second-order valence-electron chi connectivity index (χ2n) is 8.84. The van der Waals surface area contributed by atoms with Crippen LogP contribution in [-0.2, 0) is 22.5 Å². The summed E-state index contributed by atoms with van der Waals surface area (Å²) in [6.45, 7) is 3.56. The third-order valence-corrected chi connectivity index (χ3v) is 7.86. The van der Waals surface area contributed by atoms with Crippen molar-refractivity contribution in [1.29, 1.82) is 0 Å². The molecule has 3 amide bonds. The molecule has 10 heteroatoms. The highest BCUT2D eigenvalue weighted by molar-refractivity contribution is 7.98. The van der Waals surface area contributed by atoms with Crippen molar-refractivity contribution in [3.05, 3.63) is 69.9 Å². The zero-order valence-corrected chi connectivity index (χ0v) is 24.8. The second-order valence-corrected chi connectivity index (χ2v) is 11.1. The molecule has 3 rings (SSSR count). The number of urea groups is 1. The third kappa shape index (κ3) is 9.19. The van der Waals surface area contributed by atoms with Gasteiger partial charge in [-0.25, -0.2) is 4.79 Å². The molecule has 0 saturated heterocycles. The fraction of sp³-hybridized carbons (Fsp3) is 0.379. The quantitative estimate of drug-likeness (QED) is 0.256. The molecule has 210 valence electrons. The summed E-state index contributed by atoms with van der Waals surface area (Å²) in [6, 6.07) is 17.1. The van der Waals surface area contributed by atoms with Gasteiger partial charge in [-0.1, -0.05) is 6.07 Å². The van der Waals surface area contributed by atoms with Gasteiger partial charge < -0.3 is 29.3 Å². The van der Waals surface area contributed by atoms with E-state index in [9.17, 15) is 9.59 Å². The molecule has 0 aliphatic heterocycles. The number of benzene rings is 2. The maximum atomic E-state index is 13.6. The Morgan fingerprint density at radius 1 is 0.923 bits per heavy atom. The highest BCUT2D eigenvalue weighted by Gasteiger charge is 2.22. The monoisotopic (exact) mass is 571 g/mol. The summed E-state index contributed by atoms with van der Waals surface area (Å²) in [7, 11) is 4.78. The summed E-state index contributed by atoms with van der Waals surface area (Å²) in [5.41, 5.74) is 1.70. The van der Waals surface area contributed by atoms with Crippen molar-refractivity contribution < 1.29 is 23.8 Å². The molecule has 0 fully saturated rings. The summed E-state index contributed by atoms with van der Waals surface area (Å²) in [5.74, 6) is 1.17. The molecule has 3 aromatic rings. The predicted molar refractivity (Wildman–Crippen MR) is 158 cm³/mol. The fourth-order valence-electron chi connectivity index (χ4n) is 3.94. The number of carbonyl (C=O) groups is 2. The van der Waals surface area contributed by atoms with E-state index in [0.29, 0.717) is 49.8 Å². The molecular formula is C29H37N3O5S2. The Morgan fingerprint density at radius 3 is 2.28 bits per heavy atom. The van der Waals surface area contributed by atoms with E-state index in [2.05, 4.69) is 11.4 Å². The first-order valence-electron chi connectivity index (χ1n) is 12.6. The first-order chi connectivity index (χ1) is 18.9. The lowest BCUT2D eigenvalue weighted by atomic mass is 10.1. The Bertz CT molecular complexity index is 1220. The van der Waals surface area contributed by atoms with Gasteiger partial charge in [-0.05, 0) is 73.7 Å². The number of nitrogens with zero attached hydrogens (tertiary/aromatic N) is 2. The van der Waals surface area contributed by atoms with Gasteiger partial charge in [-0.2, -0.15) is 0 Å². The van der Waals surface area contributed by atoms with Crippen LogP contribution in [-0.4, -0.2) is 75.6 Å². The number of anilines is 1. The normalized spacial score (nSPS) is 10.7. The Morgan fingerprint density at radius 2 is 1.67 bits per heavy atom. The number of hydrogen-bond donors (Lipinski definition) is 1. The minimum Gasteiger partial charge on any atom is -0.493 e. The average molecular weight is 572 g/mol. The number of ether oxygens (including phenoxy) is 3. The molecule has 1 N–H and O–H groups in total. The smallest absolute Gasteiger partial charge is 0.322 e. The average Bonchev–Trinajstić information content (AvgIpc) is 3.37. The van der Waals surface area contributed by atoms with Gasteiger partial charge in [0.1, 0.15) is 6.54 Å². The zero-order chi connectivity index (χ0) is 28.2. The standard InChI is InChI=1S/C29H37N3O5S2/c1-21-6-10-25(39-21)19-31(15-14-22-7-13-26(36-3)27(18-22)37-4)28(33)20-32(16-17-35-2)29(34)30-23-8-11-24(38-5)12-9-23/h6-13,18H,14-17,19-20H2,1-5H3,(H,30,34). The maximum Gasteiger partial charge on any atom is 0.322 e. The van der Waals surface area contributed by atoms with E-state index in [1.54, 1.807) is 44.4 Å². The predicted octanol–water partition coefficient (Wildman–Crippen LogP) is 5.55. The van der Waals surface area contributed by atoms with E-state index < -0.39 is 0 Å². The van der Waals surface area contributed by atoms with Crippen LogP contribution in [0.2, 0.25) is 0 Å². The van der Waals surface area contributed by atoms with Crippen molar-refractivity contribution in [1.82, 2.24) is 9.80 Å². The van der Waals surface area contributed by atoms with Crippen LogP contribution in [0.4, 0.5) is 10.5 Å². The Hall–Kier alpha value is -3.21. The van der Waals surface area contributed by atoms with Crippen LogP contribution in [0.3, 0.4) is 0 Å². The fourth-order valence-corrected chi connectivity index (χ4v) is 5.26. The molecule has 0 spiro atoms. The molecule has 8 nitrogen and oxygen atoms in total. The minimum atomic E-state index is -0.343. The summed E-state index contributed by atoms with van der Waals surface area (Å²) in [5, 5.41) is 2.91. The Balaban J connectivity index is 1.74. The van der Waals surface area contributed by atoms with Gasteiger partial charge in [-0.15, -0.1) is 23.1 Å². The number of amides is 3. The van der Waals surface area contributed by atoms with E-state index in [-0.39, 0.29) is 18.5 Å². The largest absolute Gasteiger partial charge is 0.493 e. The first kappa shape index (κ1) is 30.3. The van der Waals surface area contributed by atoms with E-state index in [0.717, 1.165) is 15.3 Å². The first-order valence-corrected chi connectivity index (χ1v) is 14.6. The van der Waals surface area contributed by atoms with E-state index in [1.807, 2.05) is 66.6 Å². The lowest BCUT2D eigenvalue weighted by Gasteiger charge is -2.28. The highest BCUT2D eigenvalue weighted by atomic mass is 32.2. The van der Waals surface area contributed by atoms with Crippen molar-refractivity contribution in [3.63, 3.8) is 0 Å². The van der Waals surface area contributed by atoms with E-state index in [1.165, 1.54) is 9.78 Å². The minimum absolute atomic E-state index is 0.0611. The second kappa shape index (κ2) is 15.4. The number of aryl methyl sites for hydroxylation is 1. The molecule has 1 aromatic heterocycles. The van der Waals surface area contributed by atoms with Gasteiger partial charge >= 0.3 is 6.03 Å². The number of rotatable bonds is 14. The van der Waals surface area contributed by atoms with Crippen LogP contribution in [0.5, 0.6) is 11.5 Å². The number of hydrogen-bond acceptors (Lipinski definition) is 7. The molecule has 0 aliphatic carbocycles. The van der Waals surface area contributed by atoms with Crippen molar-refractivity contribution in [2.75, 3.05) is 59.1 Å². The van der Waals surface area contributed by atoms with Gasteiger partial charge in [-0.3, -0.25) is 4.79 Å². The molecule has 2 aromatic carbocycles. The van der Waals surface area contributed by atoms with Crippen molar-refractivity contribution in [3.8, 4) is 11.5 Å². The van der Waals surface area contributed by atoms with Crippen LogP contribution in [0.25, 0.3) is 0 Å². The number of thiophene rings is 1. The summed E-state index contributed by atoms with van der Waals surface area (Å²) < 4.78 is 16.0. The number of carbonyl (C=O) groups excluding carboxylic acids is 2. The third-order valence-electron chi connectivity index (χ3n) is 6.13. The zero-order valence-electron chi connectivity index (χ0n) is 23.2.